The van der Waals surface area contributed by atoms with E-state index in [2.05, 4.69) is 10.6 Å². The maximum absolute atomic E-state index is 12.4. The maximum atomic E-state index is 12.4. The van der Waals surface area contributed by atoms with Crippen molar-refractivity contribution in [1.29, 1.82) is 5.26 Å². The number of hydrogen-bond donors (Lipinski definition) is 3. The largest absolute Gasteiger partial charge is 0.508 e. The Morgan fingerprint density at radius 3 is 2.41 bits per heavy atom. The number of hydrogen-bond acceptors (Lipinski definition) is 6. The number of phenolic OH excluding ortho intramolecular Hbond substituents is 1. The van der Waals surface area contributed by atoms with E-state index in [9.17, 15) is 15.2 Å². The summed E-state index contributed by atoms with van der Waals surface area (Å²) in [5, 5.41) is 24.2. The fraction of sp³-hybridized carbons (Fsp3) is 0.200. The van der Waals surface area contributed by atoms with Gasteiger partial charge in [-0.1, -0.05) is 6.07 Å². The zero-order valence-electron chi connectivity index (χ0n) is 15.3. The second kappa shape index (κ2) is 9.15. The molecule has 140 valence electrons. The standard InChI is InChI=1S/C20H21N3O4/c1-13(14-4-9-18(26-2)19(10-14)27-3)23-20(25)15(11-21)12-22-16-5-7-17(24)8-6-16/h4-10,12-13,22,24H,1-3H3,(H,23,25)/b15-12-. The number of nitrogens with zero attached hydrogens (tertiary/aromatic N) is 1. The minimum Gasteiger partial charge on any atom is -0.508 e. The third-order valence-corrected chi connectivity index (χ3v) is 3.87. The highest BCUT2D eigenvalue weighted by atomic mass is 16.5. The van der Waals surface area contributed by atoms with Gasteiger partial charge in [-0.25, -0.2) is 0 Å². The van der Waals surface area contributed by atoms with Crippen molar-refractivity contribution in [2.45, 2.75) is 13.0 Å². The Morgan fingerprint density at radius 2 is 1.81 bits per heavy atom. The zero-order chi connectivity index (χ0) is 19.8. The number of anilines is 1. The quantitative estimate of drug-likeness (QED) is 0.395. The lowest BCUT2D eigenvalue weighted by Crippen LogP contribution is -2.28. The van der Waals surface area contributed by atoms with E-state index < -0.39 is 5.91 Å². The van der Waals surface area contributed by atoms with Gasteiger partial charge in [-0.05, 0) is 48.9 Å². The molecule has 27 heavy (non-hydrogen) atoms. The summed E-state index contributed by atoms with van der Waals surface area (Å²) in [5.74, 6) is 0.772. The summed E-state index contributed by atoms with van der Waals surface area (Å²) in [4.78, 5) is 12.4. The molecule has 0 aromatic heterocycles. The third kappa shape index (κ3) is 5.16. The smallest absolute Gasteiger partial charge is 0.263 e. The number of ether oxygens (including phenoxy) is 2. The lowest BCUT2D eigenvalue weighted by atomic mass is 10.1. The van der Waals surface area contributed by atoms with E-state index in [4.69, 9.17) is 9.47 Å². The average Bonchev–Trinajstić information content (AvgIpc) is 2.69. The van der Waals surface area contributed by atoms with Crippen molar-refractivity contribution in [2.24, 2.45) is 0 Å². The molecule has 0 bridgehead atoms. The molecule has 0 heterocycles. The number of carbonyl (C=O) groups excluding carboxylic acids is 1. The van der Waals surface area contributed by atoms with Crippen LogP contribution in [0.15, 0.2) is 54.2 Å². The number of nitrogens with one attached hydrogen (secondary N) is 2. The Kier molecular flexibility index (Phi) is 6.67. The van der Waals surface area contributed by atoms with Crippen LogP contribution in [0.2, 0.25) is 0 Å². The first-order valence-corrected chi connectivity index (χ1v) is 8.17. The molecule has 3 N–H and O–H groups in total. The van der Waals surface area contributed by atoms with Gasteiger partial charge in [-0.2, -0.15) is 5.26 Å². The van der Waals surface area contributed by atoms with Gasteiger partial charge in [-0.15, -0.1) is 0 Å². The average molecular weight is 367 g/mol. The van der Waals surface area contributed by atoms with E-state index in [1.165, 1.54) is 25.4 Å². The molecule has 0 fully saturated rings. The molecule has 1 unspecified atom stereocenters. The van der Waals surface area contributed by atoms with E-state index >= 15 is 0 Å². The van der Waals surface area contributed by atoms with Gasteiger partial charge >= 0.3 is 0 Å². The van der Waals surface area contributed by atoms with Gasteiger partial charge in [0.2, 0.25) is 0 Å². The Morgan fingerprint density at radius 1 is 1.15 bits per heavy atom. The molecule has 0 saturated heterocycles. The molecule has 7 heteroatoms. The molecular weight excluding hydrogens is 346 g/mol. The number of rotatable bonds is 7. The van der Waals surface area contributed by atoms with Crippen LogP contribution in [0.5, 0.6) is 17.2 Å². The predicted octanol–water partition coefficient (Wildman–Crippen LogP) is 3.11. The lowest BCUT2D eigenvalue weighted by molar-refractivity contribution is -0.117. The van der Waals surface area contributed by atoms with Crippen LogP contribution < -0.4 is 20.1 Å². The van der Waals surface area contributed by atoms with Crippen LogP contribution >= 0.6 is 0 Å². The summed E-state index contributed by atoms with van der Waals surface area (Å²) in [6.07, 6.45) is 1.32. The van der Waals surface area contributed by atoms with Crippen molar-refractivity contribution in [3.05, 3.63) is 59.8 Å². The summed E-state index contributed by atoms with van der Waals surface area (Å²) in [5.41, 5.74) is 1.38. The van der Waals surface area contributed by atoms with Crippen LogP contribution in [0.1, 0.15) is 18.5 Å². The minimum atomic E-state index is -0.508. The Balaban J connectivity index is 2.08. The van der Waals surface area contributed by atoms with Crippen LogP contribution in [0.3, 0.4) is 0 Å². The van der Waals surface area contributed by atoms with Crippen LogP contribution in [-0.2, 0) is 4.79 Å². The molecule has 0 spiro atoms. The monoisotopic (exact) mass is 367 g/mol. The highest BCUT2D eigenvalue weighted by Crippen LogP contribution is 2.29. The molecule has 2 rings (SSSR count). The van der Waals surface area contributed by atoms with Gasteiger partial charge in [-0.3, -0.25) is 4.79 Å². The SMILES string of the molecule is COc1ccc(C(C)NC(=O)/C(C#N)=C\Nc2ccc(O)cc2)cc1OC. The maximum Gasteiger partial charge on any atom is 0.263 e. The third-order valence-electron chi connectivity index (χ3n) is 3.87. The van der Waals surface area contributed by atoms with E-state index in [0.29, 0.717) is 17.2 Å². The predicted molar refractivity (Wildman–Crippen MR) is 102 cm³/mol. The van der Waals surface area contributed by atoms with E-state index in [-0.39, 0.29) is 17.4 Å². The van der Waals surface area contributed by atoms with Crippen LogP contribution in [0, 0.1) is 11.3 Å². The number of aromatic hydroxyl groups is 1. The topological polar surface area (TPSA) is 104 Å². The Bertz CT molecular complexity index is 870. The first-order chi connectivity index (χ1) is 13.0. The number of amides is 1. The van der Waals surface area contributed by atoms with Crippen molar-refractivity contribution >= 4 is 11.6 Å². The van der Waals surface area contributed by atoms with Gasteiger partial charge in [0.05, 0.1) is 20.3 Å². The summed E-state index contributed by atoms with van der Waals surface area (Å²) < 4.78 is 10.5. The van der Waals surface area contributed by atoms with Crippen molar-refractivity contribution in [3.63, 3.8) is 0 Å². The fourth-order valence-electron chi connectivity index (χ4n) is 2.34. The van der Waals surface area contributed by atoms with Crippen molar-refractivity contribution in [2.75, 3.05) is 19.5 Å². The summed E-state index contributed by atoms with van der Waals surface area (Å²) in [6.45, 7) is 1.81. The second-order valence-corrected chi connectivity index (χ2v) is 5.67. The summed E-state index contributed by atoms with van der Waals surface area (Å²) in [7, 11) is 3.09. The first-order valence-electron chi connectivity index (χ1n) is 8.17. The van der Waals surface area contributed by atoms with Crippen LogP contribution in [-0.4, -0.2) is 25.2 Å². The number of nitriles is 1. The van der Waals surface area contributed by atoms with E-state index in [0.717, 1.165) is 5.56 Å². The molecule has 2 aromatic rings. The van der Waals surface area contributed by atoms with Crippen LogP contribution in [0.25, 0.3) is 0 Å². The summed E-state index contributed by atoms with van der Waals surface area (Å²) >= 11 is 0. The van der Waals surface area contributed by atoms with E-state index in [1.54, 1.807) is 31.4 Å². The molecule has 0 radical (unpaired) electrons. The number of methoxy groups -OCH3 is 2. The molecule has 2 aromatic carbocycles. The van der Waals surface area contributed by atoms with Gasteiger partial charge in [0, 0.05) is 11.9 Å². The molecule has 0 aliphatic rings. The van der Waals surface area contributed by atoms with Crippen LogP contribution in [0.4, 0.5) is 5.69 Å². The zero-order valence-corrected chi connectivity index (χ0v) is 15.3. The number of phenols is 1. The molecule has 7 nitrogen and oxygen atoms in total. The van der Waals surface area contributed by atoms with Crippen molar-refractivity contribution in [1.82, 2.24) is 5.32 Å². The number of carbonyl (C=O) groups is 1. The van der Waals surface area contributed by atoms with Gasteiger partial charge < -0.3 is 25.2 Å². The fourth-order valence-corrected chi connectivity index (χ4v) is 2.34. The highest BCUT2D eigenvalue weighted by molar-refractivity contribution is 5.97. The molecule has 0 saturated carbocycles. The summed E-state index contributed by atoms with van der Waals surface area (Å²) in [6, 6.07) is 13.1. The normalized spacial score (nSPS) is 11.9. The van der Waals surface area contributed by atoms with Crippen molar-refractivity contribution in [3.8, 4) is 23.3 Å². The molecule has 0 aliphatic carbocycles. The van der Waals surface area contributed by atoms with Gasteiger partial charge in [0.15, 0.2) is 11.5 Å². The molecular formula is C20H21N3O4. The second-order valence-electron chi connectivity index (χ2n) is 5.67. The molecule has 1 atom stereocenters. The highest BCUT2D eigenvalue weighted by Gasteiger charge is 2.15. The van der Waals surface area contributed by atoms with Gasteiger partial charge in [0.1, 0.15) is 17.4 Å². The van der Waals surface area contributed by atoms with Crippen molar-refractivity contribution < 1.29 is 19.4 Å². The molecule has 0 aliphatic heterocycles. The minimum absolute atomic E-state index is 0.0737. The molecule has 1 amide bonds. The van der Waals surface area contributed by atoms with Gasteiger partial charge in [0.25, 0.3) is 5.91 Å². The Labute approximate surface area is 157 Å². The first kappa shape index (κ1) is 19.7. The Hall–Kier alpha value is -3.66. The lowest BCUT2D eigenvalue weighted by Gasteiger charge is -2.16. The number of benzene rings is 2. The van der Waals surface area contributed by atoms with E-state index in [1.807, 2.05) is 19.1 Å².